The highest BCUT2D eigenvalue weighted by Crippen LogP contribution is 2.32. The Kier molecular flexibility index (Phi) is 7.59. The average molecular weight is 463 g/mol. The standard InChI is InChI=1S/C23H24F3N3O4/c1-3-33-23(32)17(13-27-14-4-6-15(30)7-5-14)22(31)16-12-18(24)21(20(26)19(16)25)29-10-8-28(2)9-11-29/h4-7,12-13,30-31H,3,8-11H2,1-2H3. The van der Waals surface area contributed by atoms with E-state index in [1.807, 2.05) is 11.9 Å². The molecule has 0 spiro atoms. The maximum Gasteiger partial charge on any atom is 0.343 e. The van der Waals surface area contributed by atoms with E-state index >= 15 is 0 Å². The number of piperazine rings is 1. The second-order valence-corrected chi connectivity index (χ2v) is 7.43. The molecule has 0 atom stereocenters. The molecule has 0 unspecified atom stereocenters. The number of hydrogen-bond acceptors (Lipinski definition) is 7. The number of hydrogen-bond donors (Lipinski definition) is 2. The molecule has 176 valence electrons. The maximum atomic E-state index is 14.9. The monoisotopic (exact) mass is 463 g/mol. The highest BCUT2D eigenvalue weighted by Gasteiger charge is 2.28. The minimum Gasteiger partial charge on any atom is -0.508 e. The lowest BCUT2D eigenvalue weighted by molar-refractivity contribution is -0.137. The van der Waals surface area contributed by atoms with E-state index in [1.165, 1.54) is 36.1 Å². The average Bonchev–Trinajstić information content (AvgIpc) is 2.79. The molecule has 0 radical (unpaired) electrons. The molecular formula is C23H24F3N3O4. The predicted octanol–water partition coefficient (Wildman–Crippen LogP) is 3.80. The van der Waals surface area contributed by atoms with Crippen molar-refractivity contribution < 1.29 is 32.9 Å². The summed E-state index contributed by atoms with van der Waals surface area (Å²) >= 11 is 0. The lowest BCUT2D eigenvalue weighted by atomic mass is 10.1. The zero-order chi connectivity index (χ0) is 24.1. The molecule has 2 N–H and O–H groups in total. The summed E-state index contributed by atoms with van der Waals surface area (Å²) in [5.74, 6) is -6.11. The summed E-state index contributed by atoms with van der Waals surface area (Å²) in [5, 5.41) is 20.0. The fraction of sp³-hybridized carbons (Fsp3) is 0.304. The van der Waals surface area contributed by atoms with E-state index in [2.05, 4.69) is 4.99 Å². The number of aliphatic hydroxyl groups excluding tert-OH is 1. The Balaban J connectivity index is 2.04. The number of anilines is 1. The fourth-order valence-corrected chi connectivity index (χ4v) is 3.32. The zero-order valence-corrected chi connectivity index (χ0v) is 18.2. The van der Waals surface area contributed by atoms with Gasteiger partial charge in [-0.3, -0.25) is 4.99 Å². The second-order valence-electron chi connectivity index (χ2n) is 7.43. The Labute approximate surface area is 189 Å². The van der Waals surface area contributed by atoms with Gasteiger partial charge >= 0.3 is 5.97 Å². The third-order valence-corrected chi connectivity index (χ3v) is 5.15. The van der Waals surface area contributed by atoms with E-state index < -0.39 is 46.0 Å². The van der Waals surface area contributed by atoms with Crippen molar-refractivity contribution in [2.75, 3.05) is 44.7 Å². The summed E-state index contributed by atoms with van der Waals surface area (Å²) in [7, 11) is 1.87. The van der Waals surface area contributed by atoms with Crippen molar-refractivity contribution in [2.45, 2.75) is 6.92 Å². The third-order valence-electron chi connectivity index (χ3n) is 5.15. The van der Waals surface area contributed by atoms with Crippen molar-refractivity contribution in [3.63, 3.8) is 0 Å². The van der Waals surface area contributed by atoms with Crippen molar-refractivity contribution in [1.29, 1.82) is 0 Å². The van der Waals surface area contributed by atoms with Gasteiger partial charge in [0.2, 0.25) is 0 Å². The summed E-state index contributed by atoms with van der Waals surface area (Å²) in [4.78, 5) is 19.7. The fourth-order valence-electron chi connectivity index (χ4n) is 3.32. The molecule has 0 aliphatic carbocycles. The topological polar surface area (TPSA) is 85.6 Å². The summed E-state index contributed by atoms with van der Waals surface area (Å²) in [6, 6.07) is 6.20. The van der Waals surface area contributed by atoms with Gasteiger partial charge in [0.25, 0.3) is 0 Å². The quantitative estimate of drug-likeness (QED) is 0.223. The first-order chi connectivity index (χ1) is 15.7. The number of phenols is 1. The van der Waals surface area contributed by atoms with Gasteiger partial charge < -0.3 is 24.7 Å². The van der Waals surface area contributed by atoms with E-state index in [0.29, 0.717) is 37.9 Å². The lowest BCUT2D eigenvalue weighted by Gasteiger charge is -2.34. The minimum absolute atomic E-state index is 0.00795. The van der Waals surface area contributed by atoms with Crippen molar-refractivity contribution in [3.05, 3.63) is 58.9 Å². The molecule has 7 nitrogen and oxygen atoms in total. The Morgan fingerprint density at radius 3 is 2.36 bits per heavy atom. The van der Waals surface area contributed by atoms with Crippen LogP contribution in [0.5, 0.6) is 5.75 Å². The van der Waals surface area contributed by atoms with Gasteiger partial charge in [0.05, 0.1) is 17.9 Å². The third kappa shape index (κ3) is 5.46. The molecule has 2 aromatic carbocycles. The van der Waals surface area contributed by atoms with Gasteiger partial charge in [-0.25, -0.2) is 18.0 Å². The first kappa shape index (κ1) is 24.1. The van der Waals surface area contributed by atoms with E-state index in [-0.39, 0.29) is 12.4 Å². The van der Waals surface area contributed by atoms with Crippen molar-refractivity contribution in [2.24, 2.45) is 4.99 Å². The van der Waals surface area contributed by atoms with Crippen LogP contribution >= 0.6 is 0 Å². The molecule has 1 aliphatic rings. The number of aromatic hydroxyl groups is 1. The van der Waals surface area contributed by atoms with Gasteiger partial charge in [-0.15, -0.1) is 0 Å². The van der Waals surface area contributed by atoms with Gasteiger partial charge in [-0.2, -0.15) is 0 Å². The van der Waals surface area contributed by atoms with Crippen LogP contribution in [0.1, 0.15) is 12.5 Å². The Morgan fingerprint density at radius 2 is 1.76 bits per heavy atom. The van der Waals surface area contributed by atoms with Gasteiger partial charge in [-0.1, -0.05) is 0 Å². The summed E-state index contributed by atoms with van der Waals surface area (Å²) in [6.45, 7) is 3.17. The van der Waals surface area contributed by atoms with Crippen molar-refractivity contribution in [3.8, 4) is 5.75 Å². The number of phenolic OH excluding ortho intramolecular Hbond substituents is 1. The number of nitrogens with zero attached hydrogens (tertiary/aromatic N) is 3. The van der Waals surface area contributed by atoms with Gasteiger partial charge in [-0.05, 0) is 44.3 Å². The Bertz CT molecular complexity index is 1080. The summed E-state index contributed by atoms with van der Waals surface area (Å²) in [6.07, 6.45) is 0.906. The van der Waals surface area contributed by atoms with Crippen LogP contribution in [0.25, 0.3) is 5.76 Å². The maximum absolute atomic E-state index is 14.9. The Hall–Kier alpha value is -3.53. The zero-order valence-electron chi connectivity index (χ0n) is 18.2. The molecule has 1 aliphatic heterocycles. The number of esters is 1. The highest BCUT2D eigenvalue weighted by atomic mass is 19.2. The van der Waals surface area contributed by atoms with E-state index in [9.17, 15) is 28.2 Å². The molecule has 0 saturated carbocycles. The van der Waals surface area contributed by atoms with E-state index in [0.717, 1.165) is 6.21 Å². The van der Waals surface area contributed by atoms with Gasteiger partial charge in [0.1, 0.15) is 28.6 Å². The van der Waals surface area contributed by atoms with Gasteiger partial charge in [0.15, 0.2) is 11.6 Å². The number of likely N-dealkylation sites (N-methyl/N-ethyl adjacent to an activating group) is 1. The largest absolute Gasteiger partial charge is 0.508 e. The Morgan fingerprint density at radius 1 is 1.12 bits per heavy atom. The van der Waals surface area contributed by atoms with Crippen LogP contribution in [0.15, 0.2) is 40.9 Å². The number of carbonyl (C=O) groups is 1. The van der Waals surface area contributed by atoms with Crippen LogP contribution < -0.4 is 4.90 Å². The number of benzene rings is 2. The van der Waals surface area contributed by atoms with Crippen LogP contribution in [-0.4, -0.2) is 67.1 Å². The molecule has 0 amide bonds. The minimum atomic E-state index is -1.50. The van der Waals surface area contributed by atoms with Crippen LogP contribution in [0, 0.1) is 17.5 Å². The number of halogens is 3. The molecule has 2 aromatic rings. The van der Waals surface area contributed by atoms with E-state index in [4.69, 9.17) is 4.74 Å². The molecule has 1 heterocycles. The summed E-state index contributed by atoms with van der Waals surface area (Å²) < 4.78 is 49.6. The van der Waals surface area contributed by atoms with Crippen LogP contribution in [-0.2, 0) is 9.53 Å². The lowest BCUT2D eigenvalue weighted by Crippen LogP contribution is -2.45. The molecule has 3 rings (SSSR count). The SMILES string of the molecule is CCOC(=O)C(C=Nc1ccc(O)cc1)=C(O)c1cc(F)c(N2CCN(C)CC2)c(F)c1F. The van der Waals surface area contributed by atoms with E-state index in [1.54, 1.807) is 0 Å². The number of aliphatic imine (C=N–C) groups is 1. The number of carbonyl (C=O) groups excluding carboxylic acids is 1. The normalized spacial score (nSPS) is 15.6. The second kappa shape index (κ2) is 10.4. The van der Waals surface area contributed by atoms with Crippen molar-refractivity contribution in [1.82, 2.24) is 4.90 Å². The summed E-state index contributed by atoms with van der Waals surface area (Å²) in [5.41, 5.74) is -1.64. The molecule has 10 heteroatoms. The smallest absolute Gasteiger partial charge is 0.343 e. The first-order valence-electron chi connectivity index (χ1n) is 10.3. The molecular weight excluding hydrogens is 439 g/mol. The number of aliphatic hydroxyl groups is 1. The molecule has 33 heavy (non-hydrogen) atoms. The molecule has 1 saturated heterocycles. The van der Waals surface area contributed by atoms with Crippen LogP contribution in [0.3, 0.4) is 0 Å². The van der Waals surface area contributed by atoms with Crippen molar-refractivity contribution >= 4 is 29.3 Å². The number of ether oxygens (including phenoxy) is 1. The van der Waals surface area contributed by atoms with Crippen LogP contribution in [0.2, 0.25) is 0 Å². The first-order valence-corrected chi connectivity index (χ1v) is 10.3. The molecule has 0 aromatic heterocycles. The molecule has 1 fully saturated rings. The van der Waals surface area contributed by atoms with Crippen LogP contribution in [0.4, 0.5) is 24.5 Å². The van der Waals surface area contributed by atoms with Gasteiger partial charge in [0, 0.05) is 32.4 Å². The predicted molar refractivity (Wildman–Crippen MR) is 118 cm³/mol. The highest BCUT2D eigenvalue weighted by molar-refractivity contribution is 6.15. The number of rotatable bonds is 6. The molecule has 0 bridgehead atoms.